The van der Waals surface area contributed by atoms with E-state index >= 15 is 0 Å². The van der Waals surface area contributed by atoms with Crippen LogP contribution in [0.1, 0.15) is 18.9 Å². The third-order valence-electron chi connectivity index (χ3n) is 1.80. The van der Waals surface area contributed by atoms with Gasteiger partial charge in [-0.3, -0.25) is 0 Å². The number of benzene rings is 1. The summed E-state index contributed by atoms with van der Waals surface area (Å²) in [6.45, 7) is 2.67. The minimum atomic E-state index is -0.0877. The summed E-state index contributed by atoms with van der Waals surface area (Å²) < 4.78 is 5.44. The SMILES string of the molecule is CCCOc1ccc(C=NN=C(N)N)cc1Cl.Cl. The third-order valence-corrected chi connectivity index (χ3v) is 2.09. The number of nitrogens with zero attached hydrogens (tertiary/aromatic N) is 2. The summed E-state index contributed by atoms with van der Waals surface area (Å²) in [6.07, 6.45) is 2.44. The van der Waals surface area contributed by atoms with Gasteiger partial charge in [0.15, 0.2) is 0 Å². The van der Waals surface area contributed by atoms with Crippen molar-refractivity contribution >= 4 is 36.2 Å². The smallest absolute Gasteiger partial charge is 0.211 e. The van der Waals surface area contributed by atoms with Crippen molar-refractivity contribution in [2.24, 2.45) is 21.7 Å². The highest BCUT2D eigenvalue weighted by atomic mass is 35.5. The standard InChI is InChI=1S/C11H15ClN4O.ClH/c1-2-5-17-10-4-3-8(6-9(10)12)7-15-16-11(13)14;/h3-4,6-7H,2,5H2,1H3,(H4,13,14,16);1H. The molecule has 0 atom stereocenters. The monoisotopic (exact) mass is 290 g/mol. The summed E-state index contributed by atoms with van der Waals surface area (Å²) in [4.78, 5) is 0. The van der Waals surface area contributed by atoms with Crippen LogP contribution in [0, 0.1) is 0 Å². The van der Waals surface area contributed by atoms with Crippen LogP contribution in [0.5, 0.6) is 5.75 Å². The maximum atomic E-state index is 6.03. The summed E-state index contributed by atoms with van der Waals surface area (Å²) in [5.41, 5.74) is 11.1. The zero-order chi connectivity index (χ0) is 12.7. The molecule has 0 saturated carbocycles. The van der Waals surface area contributed by atoms with Crippen molar-refractivity contribution in [3.05, 3.63) is 28.8 Å². The fourth-order valence-corrected chi connectivity index (χ4v) is 1.33. The summed E-state index contributed by atoms with van der Waals surface area (Å²) in [6, 6.07) is 5.34. The molecule has 0 radical (unpaired) electrons. The van der Waals surface area contributed by atoms with E-state index in [-0.39, 0.29) is 18.4 Å². The lowest BCUT2D eigenvalue weighted by Crippen LogP contribution is -2.21. The molecule has 0 aliphatic heterocycles. The Morgan fingerprint density at radius 1 is 1.44 bits per heavy atom. The first-order valence-electron chi connectivity index (χ1n) is 5.17. The topological polar surface area (TPSA) is 86.0 Å². The average Bonchev–Trinajstić information content (AvgIpc) is 2.27. The Kier molecular flexibility index (Phi) is 7.91. The van der Waals surface area contributed by atoms with Crippen molar-refractivity contribution < 1.29 is 4.74 Å². The molecule has 0 aromatic heterocycles. The van der Waals surface area contributed by atoms with Crippen LogP contribution in [-0.4, -0.2) is 18.8 Å². The average molecular weight is 291 g/mol. The summed E-state index contributed by atoms with van der Waals surface area (Å²) in [5.74, 6) is 0.572. The van der Waals surface area contributed by atoms with Crippen LogP contribution >= 0.6 is 24.0 Å². The molecule has 5 nitrogen and oxygen atoms in total. The van der Waals surface area contributed by atoms with Crippen LogP contribution in [0.3, 0.4) is 0 Å². The van der Waals surface area contributed by atoms with E-state index in [0.29, 0.717) is 17.4 Å². The molecule has 4 N–H and O–H groups in total. The molecule has 100 valence electrons. The Balaban J connectivity index is 0.00000289. The van der Waals surface area contributed by atoms with Gasteiger partial charge in [0.25, 0.3) is 0 Å². The normalized spacial score (nSPS) is 9.89. The van der Waals surface area contributed by atoms with Crippen molar-refractivity contribution in [2.75, 3.05) is 6.61 Å². The van der Waals surface area contributed by atoms with E-state index in [9.17, 15) is 0 Å². The Hall–Kier alpha value is -1.46. The lowest BCUT2D eigenvalue weighted by Gasteiger charge is -2.06. The minimum Gasteiger partial charge on any atom is -0.492 e. The van der Waals surface area contributed by atoms with E-state index in [4.69, 9.17) is 27.8 Å². The first-order chi connectivity index (χ1) is 8.13. The molecule has 1 aromatic carbocycles. The highest BCUT2D eigenvalue weighted by Crippen LogP contribution is 2.24. The predicted molar refractivity (Wildman–Crippen MR) is 77.9 cm³/mol. The van der Waals surface area contributed by atoms with Gasteiger partial charge in [-0.2, -0.15) is 5.10 Å². The van der Waals surface area contributed by atoms with Crippen LogP contribution in [0.25, 0.3) is 0 Å². The van der Waals surface area contributed by atoms with Gasteiger partial charge in [-0.15, -0.1) is 17.5 Å². The molecule has 0 amide bonds. The summed E-state index contributed by atoms with van der Waals surface area (Å²) >= 11 is 6.03. The molecule has 0 spiro atoms. The maximum absolute atomic E-state index is 6.03. The number of hydrogen-bond donors (Lipinski definition) is 2. The zero-order valence-electron chi connectivity index (χ0n) is 9.97. The zero-order valence-corrected chi connectivity index (χ0v) is 11.5. The van der Waals surface area contributed by atoms with Gasteiger partial charge in [0.1, 0.15) is 5.75 Å². The van der Waals surface area contributed by atoms with E-state index in [1.54, 1.807) is 12.1 Å². The highest BCUT2D eigenvalue weighted by Gasteiger charge is 2.01. The number of halogens is 2. The van der Waals surface area contributed by atoms with Crippen LogP contribution in [0.15, 0.2) is 28.4 Å². The van der Waals surface area contributed by atoms with Crippen LogP contribution in [0.2, 0.25) is 5.02 Å². The summed E-state index contributed by atoms with van der Waals surface area (Å²) in [5, 5.41) is 7.71. The molecule has 0 saturated heterocycles. The van der Waals surface area contributed by atoms with Crippen molar-refractivity contribution in [1.29, 1.82) is 0 Å². The molecule has 1 aromatic rings. The predicted octanol–water partition coefficient (Wildman–Crippen LogP) is 2.16. The van der Waals surface area contributed by atoms with Crippen molar-refractivity contribution in [1.82, 2.24) is 0 Å². The van der Waals surface area contributed by atoms with Gasteiger partial charge in [-0.05, 0) is 30.2 Å². The second-order valence-electron chi connectivity index (χ2n) is 3.31. The number of nitrogens with two attached hydrogens (primary N) is 2. The van der Waals surface area contributed by atoms with Gasteiger partial charge in [0.2, 0.25) is 5.96 Å². The van der Waals surface area contributed by atoms with E-state index in [1.807, 2.05) is 13.0 Å². The highest BCUT2D eigenvalue weighted by molar-refractivity contribution is 6.32. The lowest BCUT2D eigenvalue weighted by molar-refractivity contribution is 0.317. The Labute approximate surface area is 117 Å². The molecular formula is C11H16Cl2N4O. The molecule has 18 heavy (non-hydrogen) atoms. The van der Waals surface area contributed by atoms with Crippen LogP contribution in [-0.2, 0) is 0 Å². The first kappa shape index (κ1) is 16.5. The number of hydrogen-bond acceptors (Lipinski definition) is 3. The second kappa shape index (κ2) is 8.60. The fraction of sp³-hybridized carbons (Fsp3) is 0.273. The Bertz CT molecular complexity index is 431. The molecule has 0 fully saturated rings. The van der Waals surface area contributed by atoms with E-state index in [1.165, 1.54) is 6.21 Å². The largest absolute Gasteiger partial charge is 0.492 e. The van der Waals surface area contributed by atoms with Gasteiger partial charge < -0.3 is 16.2 Å². The fourth-order valence-electron chi connectivity index (χ4n) is 1.09. The van der Waals surface area contributed by atoms with E-state index in [2.05, 4.69) is 10.2 Å². The molecule has 0 unspecified atom stereocenters. The van der Waals surface area contributed by atoms with Crippen LogP contribution in [0.4, 0.5) is 0 Å². The minimum absolute atomic E-state index is 0. The first-order valence-corrected chi connectivity index (χ1v) is 5.55. The quantitative estimate of drug-likeness (QED) is 0.495. The van der Waals surface area contributed by atoms with Crippen molar-refractivity contribution in [2.45, 2.75) is 13.3 Å². The van der Waals surface area contributed by atoms with Crippen LogP contribution < -0.4 is 16.2 Å². The Morgan fingerprint density at radius 2 is 2.17 bits per heavy atom. The van der Waals surface area contributed by atoms with Gasteiger partial charge in [0, 0.05) is 0 Å². The Morgan fingerprint density at radius 3 is 2.72 bits per heavy atom. The number of rotatable bonds is 5. The second-order valence-corrected chi connectivity index (χ2v) is 3.71. The van der Waals surface area contributed by atoms with Crippen molar-refractivity contribution in [3.63, 3.8) is 0 Å². The third kappa shape index (κ3) is 5.75. The number of ether oxygens (including phenoxy) is 1. The number of guanidine groups is 1. The molecular weight excluding hydrogens is 275 g/mol. The van der Waals surface area contributed by atoms with Gasteiger partial charge in [-0.25, -0.2) is 0 Å². The maximum Gasteiger partial charge on any atom is 0.211 e. The van der Waals surface area contributed by atoms with Gasteiger partial charge >= 0.3 is 0 Å². The lowest BCUT2D eigenvalue weighted by atomic mass is 10.2. The van der Waals surface area contributed by atoms with Gasteiger partial charge in [0.05, 0.1) is 17.8 Å². The molecule has 7 heteroatoms. The molecule has 0 aliphatic rings. The molecule has 0 aliphatic carbocycles. The van der Waals surface area contributed by atoms with Crippen molar-refractivity contribution in [3.8, 4) is 5.75 Å². The molecule has 0 heterocycles. The van der Waals surface area contributed by atoms with E-state index < -0.39 is 0 Å². The van der Waals surface area contributed by atoms with Gasteiger partial charge in [-0.1, -0.05) is 18.5 Å². The molecule has 1 rings (SSSR count). The summed E-state index contributed by atoms with van der Waals surface area (Å²) in [7, 11) is 0. The van der Waals surface area contributed by atoms with E-state index in [0.717, 1.165) is 12.0 Å². The molecule has 0 bridgehead atoms.